The van der Waals surface area contributed by atoms with Gasteiger partial charge in [-0.1, -0.05) is 29.8 Å². The Bertz CT molecular complexity index is 936. The fourth-order valence-electron chi connectivity index (χ4n) is 4.18. The summed E-state index contributed by atoms with van der Waals surface area (Å²) in [5, 5.41) is 17.3. The number of halogens is 2. The molecule has 4 rings (SSSR count). The van der Waals surface area contributed by atoms with Gasteiger partial charge in [0.25, 0.3) is 0 Å². The van der Waals surface area contributed by atoms with E-state index in [-0.39, 0.29) is 28.0 Å². The van der Waals surface area contributed by atoms with E-state index in [4.69, 9.17) is 28.6 Å². The Balaban J connectivity index is 1.87. The Morgan fingerprint density at radius 1 is 1.22 bits per heavy atom. The molecule has 0 unspecified atom stereocenters. The number of phenols is 1. The number of thiocarbonyl (C=S) groups is 1. The normalized spacial score (nSPS) is 25.9. The quantitative estimate of drug-likeness (QED) is 0.611. The molecule has 0 amide bonds. The maximum atomic E-state index is 14.7. The van der Waals surface area contributed by atoms with Crippen molar-refractivity contribution in [2.24, 2.45) is 0 Å². The molecule has 142 valence electrons. The maximum Gasteiger partial charge on any atom is 0.185 e. The second-order valence-corrected chi connectivity index (χ2v) is 8.67. The van der Waals surface area contributed by atoms with Crippen LogP contribution in [-0.4, -0.2) is 21.5 Å². The minimum atomic E-state index is -0.813. The van der Waals surface area contributed by atoms with Crippen molar-refractivity contribution in [2.45, 2.75) is 43.9 Å². The summed E-state index contributed by atoms with van der Waals surface area (Å²) in [4.78, 5) is 0. The second-order valence-electron chi connectivity index (χ2n) is 7.86. The summed E-state index contributed by atoms with van der Waals surface area (Å²) in [6, 6.07) is 9.84. The molecule has 0 aromatic heterocycles. The van der Waals surface area contributed by atoms with Gasteiger partial charge in [-0.05, 0) is 43.8 Å². The number of ether oxygens (including phenoxy) is 1. The lowest BCUT2D eigenvalue weighted by Gasteiger charge is -2.50. The van der Waals surface area contributed by atoms with Crippen LogP contribution in [0.3, 0.4) is 0 Å². The molecular formula is C20H20ClFN2O2S. The van der Waals surface area contributed by atoms with E-state index in [1.807, 2.05) is 19.9 Å². The van der Waals surface area contributed by atoms with Crippen molar-refractivity contribution in [3.63, 3.8) is 0 Å². The molecule has 0 aliphatic carbocycles. The standard InChI is InChI=1S/C20H20ClFN2O2S/c1-19(2)10-20(24-18(27)23-19)9-13(11-5-3-4-6-15(11)22)12-7-14(21)16(25)8-17(12)26-20/h3-8,13,25H,9-10H2,1-2H3,(H2,23,24,27)/t13-,20+/m0/s1. The van der Waals surface area contributed by atoms with Gasteiger partial charge < -0.3 is 20.5 Å². The number of hydrogen-bond acceptors (Lipinski definition) is 3. The zero-order chi connectivity index (χ0) is 19.4. The van der Waals surface area contributed by atoms with Gasteiger partial charge in [-0.15, -0.1) is 0 Å². The zero-order valence-electron chi connectivity index (χ0n) is 15.0. The largest absolute Gasteiger partial charge is 0.506 e. The first-order valence-electron chi connectivity index (χ1n) is 8.74. The van der Waals surface area contributed by atoms with Gasteiger partial charge in [0.05, 0.1) is 5.02 Å². The van der Waals surface area contributed by atoms with Crippen LogP contribution in [0.2, 0.25) is 5.02 Å². The topological polar surface area (TPSA) is 53.5 Å². The molecule has 0 radical (unpaired) electrons. The average molecular weight is 407 g/mol. The molecule has 2 aromatic carbocycles. The van der Waals surface area contributed by atoms with E-state index in [0.29, 0.717) is 29.3 Å². The first-order valence-corrected chi connectivity index (χ1v) is 9.53. The molecule has 2 aliphatic heterocycles. The summed E-state index contributed by atoms with van der Waals surface area (Å²) < 4.78 is 21.0. The fraction of sp³-hybridized carbons (Fsp3) is 0.350. The third kappa shape index (κ3) is 3.32. The summed E-state index contributed by atoms with van der Waals surface area (Å²) in [6.07, 6.45) is 1.08. The molecule has 1 fully saturated rings. The lowest BCUT2D eigenvalue weighted by Crippen LogP contribution is -2.69. The van der Waals surface area contributed by atoms with Crippen molar-refractivity contribution in [1.82, 2.24) is 10.6 Å². The Kier molecular flexibility index (Phi) is 4.24. The molecule has 1 saturated heterocycles. The third-order valence-corrected chi connectivity index (χ3v) is 5.60. The highest BCUT2D eigenvalue weighted by atomic mass is 35.5. The van der Waals surface area contributed by atoms with E-state index in [1.54, 1.807) is 18.2 Å². The van der Waals surface area contributed by atoms with Crippen LogP contribution in [-0.2, 0) is 0 Å². The highest BCUT2D eigenvalue weighted by Crippen LogP contribution is 2.49. The highest BCUT2D eigenvalue weighted by Gasteiger charge is 2.49. The first-order chi connectivity index (χ1) is 12.7. The molecule has 7 heteroatoms. The average Bonchev–Trinajstić information content (AvgIpc) is 2.54. The summed E-state index contributed by atoms with van der Waals surface area (Å²) in [5.74, 6) is -0.178. The Labute approximate surface area is 167 Å². The van der Waals surface area contributed by atoms with Gasteiger partial charge in [-0.25, -0.2) is 4.39 Å². The molecule has 3 N–H and O–H groups in total. The van der Waals surface area contributed by atoms with Crippen LogP contribution in [0.25, 0.3) is 0 Å². The minimum absolute atomic E-state index is 0.0736. The Hall–Kier alpha value is -2.05. The van der Waals surface area contributed by atoms with Crippen molar-refractivity contribution in [1.29, 1.82) is 0 Å². The van der Waals surface area contributed by atoms with E-state index in [2.05, 4.69) is 10.6 Å². The van der Waals surface area contributed by atoms with Crippen LogP contribution >= 0.6 is 23.8 Å². The maximum absolute atomic E-state index is 14.7. The minimum Gasteiger partial charge on any atom is -0.506 e. The molecule has 2 atom stereocenters. The zero-order valence-corrected chi connectivity index (χ0v) is 16.5. The van der Waals surface area contributed by atoms with Gasteiger partial charge in [0.2, 0.25) is 0 Å². The molecule has 2 aliphatic rings. The van der Waals surface area contributed by atoms with Crippen LogP contribution < -0.4 is 15.4 Å². The fourth-order valence-corrected chi connectivity index (χ4v) is 4.81. The summed E-state index contributed by atoms with van der Waals surface area (Å²) in [7, 11) is 0. The van der Waals surface area contributed by atoms with E-state index < -0.39 is 5.72 Å². The van der Waals surface area contributed by atoms with Gasteiger partial charge >= 0.3 is 0 Å². The predicted molar refractivity (Wildman–Crippen MR) is 107 cm³/mol. The molecule has 2 aromatic rings. The van der Waals surface area contributed by atoms with Crippen LogP contribution in [0.5, 0.6) is 11.5 Å². The van der Waals surface area contributed by atoms with Crippen molar-refractivity contribution >= 4 is 28.9 Å². The molecule has 4 nitrogen and oxygen atoms in total. The first kappa shape index (κ1) is 18.3. The van der Waals surface area contributed by atoms with Crippen molar-refractivity contribution < 1.29 is 14.2 Å². The SMILES string of the molecule is CC1(C)C[C@]2(C[C@@H](c3ccccc3F)c3cc(Cl)c(O)cc3O2)NC(=S)N1. The molecular weight excluding hydrogens is 387 g/mol. The van der Waals surface area contributed by atoms with Crippen LogP contribution in [0.15, 0.2) is 36.4 Å². The van der Waals surface area contributed by atoms with E-state index in [0.717, 1.165) is 5.56 Å². The van der Waals surface area contributed by atoms with Crippen LogP contribution in [0.1, 0.15) is 43.7 Å². The Morgan fingerprint density at radius 2 is 1.96 bits per heavy atom. The van der Waals surface area contributed by atoms with Crippen LogP contribution in [0, 0.1) is 5.82 Å². The molecule has 27 heavy (non-hydrogen) atoms. The predicted octanol–water partition coefficient (Wildman–Crippen LogP) is 4.44. The van der Waals surface area contributed by atoms with Gasteiger partial charge in [0, 0.05) is 35.9 Å². The van der Waals surface area contributed by atoms with Gasteiger partial charge in [-0.3, -0.25) is 0 Å². The van der Waals surface area contributed by atoms with E-state index >= 15 is 0 Å². The summed E-state index contributed by atoms with van der Waals surface area (Å²) >= 11 is 11.5. The number of rotatable bonds is 1. The lowest BCUT2D eigenvalue weighted by molar-refractivity contribution is -0.0130. The van der Waals surface area contributed by atoms with Crippen molar-refractivity contribution in [3.8, 4) is 11.5 Å². The smallest absolute Gasteiger partial charge is 0.185 e. The number of phenolic OH excluding ortho intramolecular Hbond substituents is 1. The second kappa shape index (κ2) is 6.24. The number of aromatic hydroxyl groups is 1. The van der Waals surface area contributed by atoms with Crippen molar-refractivity contribution in [3.05, 3.63) is 58.4 Å². The summed E-state index contributed by atoms with van der Waals surface area (Å²) in [6.45, 7) is 4.08. The van der Waals surface area contributed by atoms with E-state index in [9.17, 15) is 9.50 Å². The van der Waals surface area contributed by atoms with Crippen molar-refractivity contribution in [2.75, 3.05) is 0 Å². The van der Waals surface area contributed by atoms with Gasteiger partial charge in [0.15, 0.2) is 10.8 Å². The molecule has 2 heterocycles. The Morgan fingerprint density at radius 3 is 2.67 bits per heavy atom. The summed E-state index contributed by atoms with van der Waals surface area (Å²) in [5.41, 5.74) is 0.199. The number of fused-ring (bicyclic) bond motifs is 1. The number of hydrogen-bond donors (Lipinski definition) is 3. The van der Waals surface area contributed by atoms with E-state index in [1.165, 1.54) is 12.1 Å². The van der Waals surface area contributed by atoms with Gasteiger partial charge in [-0.2, -0.15) is 0 Å². The van der Waals surface area contributed by atoms with Crippen LogP contribution in [0.4, 0.5) is 4.39 Å². The number of benzene rings is 2. The molecule has 0 saturated carbocycles. The lowest BCUT2D eigenvalue weighted by atomic mass is 9.77. The number of nitrogens with one attached hydrogen (secondary N) is 2. The molecule has 0 bridgehead atoms. The monoisotopic (exact) mass is 406 g/mol. The molecule has 1 spiro atoms. The highest BCUT2D eigenvalue weighted by molar-refractivity contribution is 7.80. The third-order valence-electron chi connectivity index (χ3n) is 5.10. The van der Waals surface area contributed by atoms with Gasteiger partial charge in [0.1, 0.15) is 17.3 Å².